The summed E-state index contributed by atoms with van der Waals surface area (Å²) >= 11 is 5.97. The number of rotatable bonds is 6. The Kier molecular flexibility index (Phi) is 10.8. The smallest absolute Gasteiger partial charge is 0.356 e. The van der Waals surface area contributed by atoms with Crippen LogP contribution in [0, 0.1) is 5.92 Å². The Labute approximate surface area is 181 Å². The summed E-state index contributed by atoms with van der Waals surface area (Å²) in [5.41, 5.74) is 1.07. The van der Waals surface area contributed by atoms with Crippen LogP contribution in [-0.2, 0) is 6.54 Å². The average Bonchev–Trinajstić information content (AvgIpc) is 2.58. The van der Waals surface area contributed by atoms with Gasteiger partial charge in [-0.2, -0.15) is 13.2 Å². The first kappa shape index (κ1) is 24.3. The van der Waals surface area contributed by atoms with E-state index in [-0.39, 0.29) is 24.0 Å². The number of guanidine groups is 1. The van der Waals surface area contributed by atoms with Crippen molar-refractivity contribution >= 4 is 41.5 Å². The zero-order valence-electron chi connectivity index (χ0n) is 15.4. The van der Waals surface area contributed by atoms with Gasteiger partial charge in [0.05, 0.1) is 6.54 Å². The number of aliphatic imine (C=N–C) groups is 1. The Morgan fingerprint density at radius 1 is 1.26 bits per heavy atom. The Morgan fingerprint density at radius 3 is 2.56 bits per heavy atom. The van der Waals surface area contributed by atoms with Crippen molar-refractivity contribution in [1.29, 1.82) is 0 Å². The largest absolute Gasteiger partial charge is 0.401 e. The van der Waals surface area contributed by atoms with E-state index in [9.17, 15) is 13.2 Å². The minimum absolute atomic E-state index is 0. The molecule has 0 spiro atoms. The fourth-order valence-electron chi connectivity index (χ4n) is 3.13. The van der Waals surface area contributed by atoms with Crippen molar-refractivity contribution in [2.75, 3.05) is 33.2 Å². The number of halogens is 5. The second-order valence-electron chi connectivity index (χ2n) is 6.61. The fourth-order valence-corrected chi connectivity index (χ4v) is 3.35. The molecule has 9 heteroatoms. The molecule has 1 aromatic carbocycles. The van der Waals surface area contributed by atoms with Crippen LogP contribution in [-0.4, -0.2) is 50.3 Å². The van der Waals surface area contributed by atoms with Gasteiger partial charge in [0.2, 0.25) is 0 Å². The number of benzene rings is 1. The van der Waals surface area contributed by atoms with Crippen molar-refractivity contribution in [3.63, 3.8) is 0 Å². The molecule has 0 saturated carbocycles. The highest BCUT2D eigenvalue weighted by molar-refractivity contribution is 14.0. The van der Waals surface area contributed by atoms with Gasteiger partial charge in [0, 0.05) is 25.2 Å². The molecule has 1 aromatic rings. The highest BCUT2D eigenvalue weighted by Crippen LogP contribution is 2.23. The molecule has 2 N–H and O–H groups in total. The standard InChI is InChI=1S/C18H26ClF3N4.HI/c1-23-17(25-12-15-3-2-4-16(19)11-15)24-8-5-14-6-9-26(10-7-14)13-18(20,21)22;/h2-4,11,14H,5-10,12-13H2,1H3,(H2,23,24,25);1H. The molecule has 1 aliphatic rings. The van der Waals surface area contributed by atoms with Gasteiger partial charge in [0.1, 0.15) is 0 Å². The first-order chi connectivity index (χ1) is 12.4. The van der Waals surface area contributed by atoms with Crippen molar-refractivity contribution in [2.24, 2.45) is 10.9 Å². The summed E-state index contributed by atoms with van der Waals surface area (Å²) in [5, 5.41) is 7.19. The lowest BCUT2D eigenvalue weighted by Crippen LogP contribution is -2.41. The van der Waals surface area contributed by atoms with Gasteiger partial charge in [0.15, 0.2) is 5.96 Å². The predicted octanol–water partition coefficient (Wildman–Crippen LogP) is 4.29. The Balaban J connectivity index is 0.00000364. The number of nitrogens with one attached hydrogen (secondary N) is 2. The lowest BCUT2D eigenvalue weighted by molar-refractivity contribution is -0.148. The third kappa shape index (κ3) is 9.84. The molecule has 1 saturated heterocycles. The maximum Gasteiger partial charge on any atom is 0.401 e. The highest BCUT2D eigenvalue weighted by Gasteiger charge is 2.32. The van der Waals surface area contributed by atoms with E-state index in [0.29, 0.717) is 36.5 Å². The van der Waals surface area contributed by atoms with Gasteiger partial charge in [-0.15, -0.1) is 24.0 Å². The average molecular weight is 519 g/mol. The molecule has 27 heavy (non-hydrogen) atoms. The van der Waals surface area contributed by atoms with E-state index in [2.05, 4.69) is 15.6 Å². The van der Waals surface area contributed by atoms with Gasteiger partial charge in [-0.05, 0) is 56.0 Å². The van der Waals surface area contributed by atoms with Gasteiger partial charge in [-0.3, -0.25) is 9.89 Å². The number of piperidine rings is 1. The van der Waals surface area contributed by atoms with Gasteiger partial charge >= 0.3 is 6.18 Å². The van der Waals surface area contributed by atoms with Crippen molar-refractivity contribution in [1.82, 2.24) is 15.5 Å². The molecule has 0 atom stereocenters. The second kappa shape index (κ2) is 12.0. The minimum Gasteiger partial charge on any atom is -0.356 e. The summed E-state index contributed by atoms with van der Waals surface area (Å²) in [6.45, 7) is 1.62. The summed E-state index contributed by atoms with van der Waals surface area (Å²) in [5.74, 6) is 1.16. The van der Waals surface area contributed by atoms with E-state index in [0.717, 1.165) is 31.4 Å². The van der Waals surface area contributed by atoms with Crippen molar-refractivity contribution in [3.05, 3.63) is 34.9 Å². The number of hydrogen-bond donors (Lipinski definition) is 2. The van der Waals surface area contributed by atoms with E-state index in [1.807, 2.05) is 24.3 Å². The molecule has 1 aliphatic heterocycles. The van der Waals surface area contributed by atoms with Crippen LogP contribution in [0.2, 0.25) is 5.02 Å². The van der Waals surface area contributed by atoms with Gasteiger partial charge in [0.25, 0.3) is 0 Å². The second-order valence-corrected chi connectivity index (χ2v) is 7.04. The van der Waals surface area contributed by atoms with E-state index < -0.39 is 12.7 Å². The molecule has 1 heterocycles. The summed E-state index contributed by atoms with van der Waals surface area (Å²) in [6.07, 6.45) is -1.55. The lowest BCUT2D eigenvalue weighted by Gasteiger charge is -2.32. The minimum atomic E-state index is -4.10. The SMILES string of the molecule is CN=C(NCCC1CCN(CC(F)(F)F)CC1)NCc1cccc(Cl)c1.I. The quantitative estimate of drug-likeness (QED) is 0.335. The van der Waals surface area contributed by atoms with E-state index in [1.165, 1.54) is 4.90 Å². The maximum absolute atomic E-state index is 12.4. The molecule has 0 amide bonds. The van der Waals surface area contributed by atoms with E-state index in [4.69, 9.17) is 11.6 Å². The van der Waals surface area contributed by atoms with Crippen LogP contribution in [0.3, 0.4) is 0 Å². The van der Waals surface area contributed by atoms with Crippen molar-refractivity contribution in [3.8, 4) is 0 Å². The van der Waals surface area contributed by atoms with Crippen LogP contribution in [0.5, 0.6) is 0 Å². The number of alkyl halides is 3. The van der Waals surface area contributed by atoms with Gasteiger partial charge in [-0.25, -0.2) is 0 Å². The molecule has 0 bridgehead atoms. The van der Waals surface area contributed by atoms with Crippen LogP contribution in [0.1, 0.15) is 24.8 Å². The topological polar surface area (TPSA) is 39.7 Å². The molecule has 4 nitrogen and oxygen atoms in total. The van der Waals surface area contributed by atoms with Crippen LogP contribution in [0.4, 0.5) is 13.2 Å². The monoisotopic (exact) mass is 518 g/mol. The summed E-state index contributed by atoms with van der Waals surface area (Å²) in [7, 11) is 1.71. The Morgan fingerprint density at radius 2 is 1.96 bits per heavy atom. The normalized spacial score (nSPS) is 16.7. The van der Waals surface area contributed by atoms with Crippen LogP contribution < -0.4 is 10.6 Å². The molecule has 2 rings (SSSR count). The fraction of sp³-hybridized carbons (Fsp3) is 0.611. The number of likely N-dealkylation sites (tertiary alicyclic amines) is 1. The van der Waals surface area contributed by atoms with Crippen LogP contribution >= 0.6 is 35.6 Å². The third-order valence-electron chi connectivity index (χ3n) is 4.53. The molecular formula is C18H27ClF3IN4. The summed E-state index contributed by atoms with van der Waals surface area (Å²) in [4.78, 5) is 5.68. The molecule has 0 unspecified atom stereocenters. The molecular weight excluding hydrogens is 492 g/mol. The predicted molar refractivity (Wildman–Crippen MR) is 115 cm³/mol. The third-order valence-corrected chi connectivity index (χ3v) is 4.76. The van der Waals surface area contributed by atoms with Crippen LogP contribution in [0.15, 0.2) is 29.3 Å². The highest BCUT2D eigenvalue weighted by atomic mass is 127. The summed E-state index contributed by atoms with van der Waals surface area (Å²) in [6, 6.07) is 7.62. The zero-order valence-corrected chi connectivity index (χ0v) is 18.4. The van der Waals surface area contributed by atoms with E-state index in [1.54, 1.807) is 7.05 Å². The van der Waals surface area contributed by atoms with E-state index >= 15 is 0 Å². The molecule has 0 aliphatic carbocycles. The first-order valence-corrected chi connectivity index (χ1v) is 9.21. The van der Waals surface area contributed by atoms with Crippen molar-refractivity contribution < 1.29 is 13.2 Å². The van der Waals surface area contributed by atoms with Gasteiger partial charge < -0.3 is 10.6 Å². The number of nitrogens with zero attached hydrogens (tertiary/aromatic N) is 2. The molecule has 1 fully saturated rings. The zero-order chi connectivity index (χ0) is 19.0. The van der Waals surface area contributed by atoms with Gasteiger partial charge in [-0.1, -0.05) is 23.7 Å². The lowest BCUT2D eigenvalue weighted by atomic mass is 9.93. The Bertz CT molecular complexity index is 590. The molecule has 0 aromatic heterocycles. The Hall–Kier alpha value is -0.740. The number of hydrogen-bond acceptors (Lipinski definition) is 2. The molecule has 0 radical (unpaired) electrons. The first-order valence-electron chi connectivity index (χ1n) is 8.84. The van der Waals surface area contributed by atoms with Crippen LogP contribution in [0.25, 0.3) is 0 Å². The maximum atomic E-state index is 12.4. The molecule has 154 valence electrons. The van der Waals surface area contributed by atoms with Crippen molar-refractivity contribution in [2.45, 2.75) is 32.0 Å². The summed E-state index contributed by atoms with van der Waals surface area (Å²) < 4.78 is 37.2.